The molecular weight excluding hydrogens is 644 g/mol. The summed E-state index contributed by atoms with van der Waals surface area (Å²) in [7, 11) is 1.48. The number of H-pyrrole nitrogens is 1. The summed E-state index contributed by atoms with van der Waals surface area (Å²) in [6.45, 7) is 4.52. The number of rotatable bonds is 12. The summed E-state index contributed by atoms with van der Waals surface area (Å²) in [6, 6.07) is 10.0. The molecule has 2 heterocycles. The van der Waals surface area contributed by atoms with Gasteiger partial charge in [0.2, 0.25) is 5.75 Å². The van der Waals surface area contributed by atoms with Crippen molar-refractivity contribution in [2.75, 3.05) is 26.9 Å². The highest BCUT2D eigenvalue weighted by atomic mass is 16.5. The topological polar surface area (TPSA) is 136 Å². The van der Waals surface area contributed by atoms with E-state index in [1.807, 2.05) is 31.5 Å². The number of methoxy groups -OCH3 is 1. The third kappa shape index (κ3) is 7.58. The van der Waals surface area contributed by atoms with Gasteiger partial charge in [0.15, 0.2) is 11.5 Å². The van der Waals surface area contributed by atoms with Crippen LogP contribution in [-0.2, 0) is 15.9 Å². The van der Waals surface area contributed by atoms with Gasteiger partial charge >= 0.3 is 0 Å². The molecule has 1 saturated heterocycles. The fourth-order valence-corrected chi connectivity index (χ4v) is 9.31. The number of phenols is 3. The van der Waals surface area contributed by atoms with Crippen molar-refractivity contribution in [2.45, 2.75) is 94.5 Å². The zero-order valence-electron chi connectivity index (χ0n) is 29.8. The number of ether oxygens (including phenoxy) is 3. The normalized spacial score (nSPS) is 30.1. The maximum absolute atomic E-state index is 11.5. The zero-order valence-corrected chi connectivity index (χ0v) is 29.8. The van der Waals surface area contributed by atoms with Crippen LogP contribution in [0.3, 0.4) is 0 Å². The van der Waals surface area contributed by atoms with Crippen LogP contribution >= 0.6 is 0 Å². The number of aliphatic hydroxyl groups is 1. The Morgan fingerprint density at radius 2 is 1.86 bits per heavy atom. The van der Waals surface area contributed by atoms with Gasteiger partial charge in [0.1, 0.15) is 5.75 Å². The van der Waals surface area contributed by atoms with Gasteiger partial charge in [-0.2, -0.15) is 0 Å². The van der Waals surface area contributed by atoms with Crippen molar-refractivity contribution < 1.29 is 34.6 Å². The molecule has 2 fully saturated rings. The molecular formula is C42H54N2O7. The van der Waals surface area contributed by atoms with E-state index in [-0.39, 0.29) is 41.1 Å². The number of hydrogen-bond acceptors (Lipinski definition) is 8. The summed E-state index contributed by atoms with van der Waals surface area (Å²) in [5, 5.41) is 47.8. The molecule has 3 aromatic rings. The summed E-state index contributed by atoms with van der Waals surface area (Å²) in [6.07, 6.45) is 18.3. The van der Waals surface area contributed by atoms with E-state index in [9.17, 15) is 20.4 Å². The molecule has 274 valence electrons. The number of hydrogen-bond donors (Lipinski definition) is 6. The molecule has 7 rings (SSSR count). The fraction of sp³-hybridized carbons (Fsp3) is 0.524. The van der Waals surface area contributed by atoms with E-state index in [2.05, 4.69) is 46.7 Å². The molecule has 0 amide bonds. The van der Waals surface area contributed by atoms with Crippen LogP contribution < -0.4 is 10.1 Å². The van der Waals surface area contributed by atoms with Crippen molar-refractivity contribution in [1.29, 1.82) is 0 Å². The van der Waals surface area contributed by atoms with Crippen LogP contribution in [0, 0.1) is 17.8 Å². The van der Waals surface area contributed by atoms with Crippen LogP contribution in [0.5, 0.6) is 23.0 Å². The summed E-state index contributed by atoms with van der Waals surface area (Å²) in [4.78, 5) is 3.08. The second-order valence-corrected chi connectivity index (χ2v) is 15.0. The van der Waals surface area contributed by atoms with Crippen molar-refractivity contribution in [3.63, 3.8) is 0 Å². The van der Waals surface area contributed by atoms with E-state index < -0.39 is 12.2 Å². The first kappa shape index (κ1) is 35.6. The predicted molar refractivity (Wildman–Crippen MR) is 196 cm³/mol. The first-order valence-corrected chi connectivity index (χ1v) is 18.9. The maximum Gasteiger partial charge on any atom is 0.200 e. The van der Waals surface area contributed by atoms with Gasteiger partial charge in [0, 0.05) is 67.5 Å². The second-order valence-electron chi connectivity index (χ2n) is 15.0. The third-order valence-corrected chi connectivity index (χ3v) is 11.9. The van der Waals surface area contributed by atoms with Gasteiger partial charge in [-0.1, -0.05) is 36.4 Å². The monoisotopic (exact) mass is 698 g/mol. The number of aromatic amines is 1. The molecule has 0 radical (unpaired) electrons. The lowest BCUT2D eigenvalue weighted by Crippen LogP contribution is -2.44. The number of fused-ring (bicyclic) bond motifs is 2. The number of aliphatic hydroxyl groups excluding tert-OH is 1. The van der Waals surface area contributed by atoms with Crippen LogP contribution in [0.25, 0.3) is 0 Å². The highest BCUT2D eigenvalue weighted by Crippen LogP contribution is 2.51. The standard InChI is InChI=1S/C42H54N2O7/c1-3-50-17-5-15-44-29-10-12-30-28(19-29)6-4-7-31(30)33-20-26(9-13-36(33)45)27-8-11-32-37(46)23-40(51-39(32)21-27)34-22-38(47)41(48)42(49-2)35(34)18-25-14-16-43-24-25/h4,7,9-10,12-14,16,20,22,24,27-32,37,39-40,43-48H,3,5-6,8,11,15,17-19,21,23H2,1-2H3. The van der Waals surface area contributed by atoms with Crippen LogP contribution in [0.1, 0.15) is 97.6 Å². The molecule has 0 bridgehead atoms. The molecule has 1 aromatic heterocycles. The van der Waals surface area contributed by atoms with E-state index in [1.54, 1.807) is 6.07 Å². The molecule has 2 aromatic carbocycles. The van der Waals surface area contributed by atoms with Gasteiger partial charge in [-0.05, 0) is 105 Å². The Balaban J connectivity index is 1.08. The number of phenolic OH excluding ortho intramolecular Hbond substituents is 3. The van der Waals surface area contributed by atoms with Gasteiger partial charge < -0.3 is 44.9 Å². The second kappa shape index (κ2) is 15.9. The van der Waals surface area contributed by atoms with Gasteiger partial charge in [-0.25, -0.2) is 0 Å². The summed E-state index contributed by atoms with van der Waals surface area (Å²) in [5.41, 5.74) is 4.64. The molecule has 1 saturated carbocycles. The molecule has 1 aliphatic heterocycles. The van der Waals surface area contributed by atoms with Gasteiger partial charge in [-0.15, -0.1) is 0 Å². The molecule has 51 heavy (non-hydrogen) atoms. The largest absolute Gasteiger partial charge is 0.508 e. The smallest absolute Gasteiger partial charge is 0.200 e. The van der Waals surface area contributed by atoms with E-state index in [0.717, 1.165) is 80.5 Å². The summed E-state index contributed by atoms with van der Waals surface area (Å²) >= 11 is 0. The maximum atomic E-state index is 11.5. The molecule has 9 unspecified atom stereocenters. The summed E-state index contributed by atoms with van der Waals surface area (Å²) < 4.78 is 18.0. The lowest BCUT2D eigenvalue weighted by Gasteiger charge is -2.45. The Hall–Kier alpha value is -3.76. The molecule has 0 spiro atoms. The molecule has 4 aliphatic rings. The van der Waals surface area contributed by atoms with Gasteiger partial charge in [-0.3, -0.25) is 0 Å². The number of aromatic hydroxyl groups is 3. The minimum Gasteiger partial charge on any atom is -0.508 e. The van der Waals surface area contributed by atoms with Crippen molar-refractivity contribution in [3.8, 4) is 23.0 Å². The third-order valence-electron chi connectivity index (χ3n) is 11.9. The fourth-order valence-electron chi connectivity index (χ4n) is 9.31. The van der Waals surface area contributed by atoms with Gasteiger partial charge in [0.25, 0.3) is 0 Å². The molecule has 9 heteroatoms. The molecule has 3 aliphatic carbocycles. The minimum absolute atomic E-state index is 0.0185. The quantitative estimate of drug-likeness (QED) is 0.0669. The lowest BCUT2D eigenvalue weighted by molar-refractivity contribution is -0.154. The first-order chi connectivity index (χ1) is 24.8. The molecule has 9 atom stereocenters. The Labute approximate surface area is 301 Å². The minimum atomic E-state index is -0.558. The Bertz CT molecular complexity index is 1690. The van der Waals surface area contributed by atoms with Crippen molar-refractivity contribution in [3.05, 3.63) is 94.8 Å². The van der Waals surface area contributed by atoms with E-state index >= 15 is 0 Å². The Morgan fingerprint density at radius 1 is 0.980 bits per heavy atom. The number of aromatic nitrogens is 1. The number of benzene rings is 2. The van der Waals surface area contributed by atoms with E-state index in [4.69, 9.17) is 14.2 Å². The number of allylic oxidation sites excluding steroid dienone is 3. The summed E-state index contributed by atoms with van der Waals surface area (Å²) in [5.74, 6) is 1.20. The number of nitrogens with one attached hydrogen (secondary N) is 2. The SMILES string of the molecule is CCOCCCNC1C=CC2C(CC=CC2c2cc(C3CCC4C(O)CC(c5cc(O)c(O)c(OC)c5Cc5cc[nH]c5)OC4C3)ccc2O)C1. The average Bonchev–Trinajstić information content (AvgIpc) is 3.66. The highest BCUT2D eigenvalue weighted by molar-refractivity contribution is 5.59. The van der Waals surface area contributed by atoms with Gasteiger partial charge in [0.05, 0.1) is 25.4 Å². The van der Waals surface area contributed by atoms with Crippen LogP contribution in [-0.4, -0.2) is 70.5 Å². The van der Waals surface area contributed by atoms with Crippen molar-refractivity contribution >= 4 is 0 Å². The van der Waals surface area contributed by atoms with E-state index in [0.29, 0.717) is 36.5 Å². The van der Waals surface area contributed by atoms with Crippen LogP contribution in [0.4, 0.5) is 0 Å². The van der Waals surface area contributed by atoms with Crippen molar-refractivity contribution in [2.24, 2.45) is 17.8 Å². The lowest BCUT2D eigenvalue weighted by atomic mass is 9.67. The Kier molecular flexibility index (Phi) is 11.1. The Morgan fingerprint density at radius 3 is 2.67 bits per heavy atom. The average molecular weight is 699 g/mol. The van der Waals surface area contributed by atoms with Crippen molar-refractivity contribution in [1.82, 2.24) is 10.3 Å². The molecule has 6 N–H and O–H groups in total. The first-order valence-electron chi connectivity index (χ1n) is 18.9. The van der Waals surface area contributed by atoms with E-state index in [1.165, 1.54) is 12.7 Å². The van der Waals surface area contributed by atoms with Crippen LogP contribution in [0.2, 0.25) is 0 Å². The predicted octanol–water partition coefficient (Wildman–Crippen LogP) is 7.13. The highest BCUT2D eigenvalue weighted by Gasteiger charge is 2.44. The molecule has 9 nitrogen and oxygen atoms in total. The zero-order chi connectivity index (χ0) is 35.5. The van der Waals surface area contributed by atoms with Crippen LogP contribution in [0.15, 0.2) is 67.0 Å².